The van der Waals surface area contributed by atoms with Crippen LogP contribution in [0.5, 0.6) is 0 Å². The normalized spacial score (nSPS) is 15.7. The number of halogens is 1. The smallest absolute Gasteiger partial charge is 0.148 e. The second-order valence-corrected chi connectivity index (χ2v) is 8.48. The van der Waals surface area contributed by atoms with Gasteiger partial charge in [0.05, 0.1) is 12.7 Å². The largest absolute Gasteiger partial charge is 0.338 e. The number of hydrogen-bond acceptors (Lipinski definition) is 2. The van der Waals surface area contributed by atoms with Gasteiger partial charge in [-0.15, -0.1) is 5.10 Å². The van der Waals surface area contributed by atoms with Gasteiger partial charge in [-0.25, -0.2) is 9.07 Å². The zero-order chi connectivity index (χ0) is 21.5. The number of benzene rings is 3. The first-order valence-corrected chi connectivity index (χ1v) is 11.1. The van der Waals surface area contributed by atoms with Gasteiger partial charge in [-0.05, 0) is 54.5 Å². The maximum atomic E-state index is 14.2. The Hall–Kier alpha value is -3.73. The first-order chi connectivity index (χ1) is 15.8. The molecule has 0 saturated heterocycles. The van der Waals surface area contributed by atoms with Crippen LogP contribution in [0.3, 0.4) is 0 Å². The quantitative estimate of drug-likeness (QED) is 0.373. The Morgan fingerprint density at radius 1 is 0.906 bits per heavy atom. The van der Waals surface area contributed by atoms with Gasteiger partial charge in [0, 0.05) is 16.6 Å². The molecule has 0 fully saturated rings. The van der Waals surface area contributed by atoms with E-state index in [1.165, 1.54) is 38.5 Å². The summed E-state index contributed by atoms with van der Waals surface area (Å²) in [5.41, 5.74) is 6.72. The Morgan fingerprint density at radius 2 is 1.69 bits per heavy atom. The van der Waals surface area contributed by atoms with Crippen LogP contribution in [0.15, 0.2) is 85.1 Å². The molecule has 0 radical (unpaired) electrons. The van der Waals surface area contributed by atoms with Crippen LogP contribution in [0.2, 0.25) is 0 Å². The number of rotatable bonds is 4. The van der Waals surface area contributed by atoms with Crippen LogP contribution in [0.25, 0.3) is 16.6 Å². The van der Waals surface area contributed by atoms with Crippen LogP contribution in [-0.4, -0.2) is 19.6 Å². The standard InChI is InChI=1S/C27H23FN4/c28-24-11-5-7-13-27(24)32-18-21(29-30-32)17-31-25-12-6-4-10-22(25)23-16-20(14-15-26(23)31)19-8-2-1-3-9-19/h1-13,18,20H,14-17H2. The molecule has 0 aliphatic heterocycles. The molecule has 158 valence electrons. The van der Waals surface area contributed by atoms with E-state index in [2.05, 4.69) is 69.5 Å². The SMILES string of the molecule is Fc1ccccc1-n1cc(Cn2c3c(c4ccccc42)CC(c2ccccc2)CC3)nn1. The molecule has 5 heteroatoms. The summed E-state index contributed by atoms with van der Waals surface area (Å²) < 4.78 is 18.1. The number of para-hydroxylation sites is 2. The van der Waals surface area contributed by atoms with Gasteiger partial charge in [0.25, 0.3) is 0 Å². The number of nitrogens with zero attached hydrogens (tertiary/aromatic N) is 4. The maximum absolute atomic E-state index is 14.2. The van der Waals surface area contributed by atoms with Crippen LogP contribution in [-0.2, 0) is 19.4 Å². The molecule has 5 aromatic rings. The molecule has 1 unspecified atom stereocenters. The van der Waals surface area contributed by atoms with Gasteiger partial charge >= 0.3 is 0 Å². The second-order valence-electron chi connectivity index (χ2n) is 8.48. The summed E-state index contributed by atoms with van der Waals surface area (Å²) in [4.78, 5) is 0. The lowest BCUT2D eigenvalue weighted by Gasteiger charge is -2.24. The third-order valence-corrected chi connectivity index (χ3v) is 6.61. The highest BCUT2D eigenvalue weighted by Gasteiger charge is 2.26. The van der Waals surface area contributed by atoms with Gasteiger partial charge in [0.15, 0.2) is 0 Å². The molecule has 2 aromatic heterocycles. The van der Waals surface area contributed by atoms with Crippen molar-refractivity contribution in [2.45, 2.75) is 31.7 Å². The minimum absolute atomic E-state index is 0.306. The minimum Gasteiger partial charge on any atom is -0.338 e. The Labute approximate surface area is 185 Å². The number of fused-ring (bicyclic) bond motifs is 3. The molecule has 0 spiro atoms. The van der Waals surface area contributed by atoms with E-state index in [1.54, 1.807) is 18.2 Å². The Bertz CT molecular complexity index is 1400. The minimum atomic E-state index is -0.306. The summed E-state index contributed by atoms with van der Waals surface area (Å²) in [5, 5.41) is 9.86. The van der Waals surface area contributed by atoms with Crippen LogP contribution in [0, 0.1) is 5.82 Å². The monoisotopic (exact) mass is 422 g/mol. The summed E-state index contributed by atoms with van der Waals surface area (Å²) in [6.45, 7) is 0.625. The van der Waals surface area contributed by atoms with Crippen molar-refractivity contribution in [3.63, 3.8) is 0 Å². The van der Waals surface area contributed by atoms with Gasteiger partial charge in [-0.2, -0.15) is 0 Å². The zero-order valence-corrected chi connectivity index (χ0v) is 17.7. The van der Waals surface area contributed by atoms with Crippen LogP contribution in [0.4, 0.5) is 4.39 Å². The lowest BCUT2D eigenvalue weighted by Crippen LogP contribution is -2.15. The van der Waals surface area contributed by atoms with E-state index in [0.717, 1.165) is 25.0 Å². The van der Waals surface area contributed by atoms with Gasteiger partial charge in [-0.1, -0.05) is 65.9 Å². The predicted octanol–water partition coefficient (Wildman–Crippen LogP) is 5.68. The van der Waals surface area contributed by atoms with E-state index in [1.807, 2.05) is 6.20 Å². The molecule has 1 aliphatic rings. The fraction of sp³-hybridized carbons (Fsp3) is 0.185. The zero-order valence-electron chi connectivity index (χ0n) is 17.7. The van der Waals surface area contributed by atoms with Crippen LogP contribution in [0.1, 0.15) is 34.9 Å². The summed E-state index contributed by atoms with van der Waals surface area (Å²) in [6, 6.07) is 26.1. The van der Waals surface area contributed by atoms with E-state index in [9.17, 15) is 4.39 Å². The molecular formula is C27H23FN4. The van der Waals surface area contributed by atoms with Gasteiger partial charge in [-0.3, -0.25) is 0 Å². The fourth-order valence-corrected chi connectivity index (χ4v) is 5.08. The van der Waals surface area contributed by atoms with Crippen molar-refractivity contribution in [2.75, 3.05) is 0 Å². The Balaban J connectivity index is 1.37. The molecule has 0 saturated carbocycles. The maximum Gasteiger partial charge on any atom is 0.148 e. The third kappa shape index (κ3) is 3.21. The van der Waals surface area contributed by atoms with E-state index in [4.69, 9.17) is 0 Å². The van der Waals surface area contributed by atoms with E-state index >= 15 is 0 Å². The third-order valence-electron chi connectivity index (χ3n) is 6.61. The molecule has 0 amide bonds. The Kier molecular flexibility index (Phi) is 4.60. The van der Waals surface area contributed by atoms with Crippen molar-refractivity contribution in [1.82, 2.24) is 19.6 Å². The average Bonchev–Trinajstić information content (AvgIpc) is 3.43. The molecule has 0 N–H and O–H groups in total. The van der Waals surface area contributed by atoms with E-state index in [-0.39, 0.29) is 5.82 Å². The highest BCUT2D eigenvalue weighted by atomic mass is 19.1. The number of hydrogen-bond donors (Lipinski definition) is 0. The molecule has 32 heavy (non-hydrogen) atoms. The molecule has 3 aromatic carbocycles. The van der Waals surface area contributed by atoms with Crippen LogP contribution >= 0.6 is 0 Å². The van der Waals surface area contributed by atoms with Gasteiger partial charge < -0.3 is 4.57 Å². The molecule has 1 atom stereocenters. The molecular weight excluding hydrogens is 399 g/mol. The van der Waals surface area contributed by atoms with Gasteiger partial charge in [0.2, 0.25) is 0 Å². The topological polar surface area (TPSA) is 35.6 Å². The van der Waals surface area contributed by atoms with Crippen molar-refractivity contribution >= 4 is 10.9 Å². The van der Waals surface area contributed by atoms with Crippen molar-refractivity contribution in [3.05, 3.63) is 113 Å². The molecule has 2 heterocycles. The highest BCUT2D eigenvalue weighted by molar-refractivity contribution is 5.86. The van der Waals surface area contributed by atoms with Crippen molar-refractivity contribution in [1.29, 1.82) is 0 Å². The molecule has 6 rings (SSSR count). The summed E-state index contributed by atoms with van der Waals surface area (Å²) in [6.07, 6.45) is 5.05. The van der Waals surface area contributed by atoms with E-state index in [0.29, 0.717) is 18.2 Å². The summed E-state index contributed by atoms with van der Waals surface area (Å²) >= 11 is 0. The first-order valence-electron chi connectivity index (χ1n) is 11.1. The average molecular weight is 423 g/mol. The number of aromatic nitrogens is 4. The predicted molar refractivity (Wildman–Crippen MR) is 124 cm³/mol. The summed E-state index contributed by atoms with van der Waals surface area (Å²) in [7, 11) is 0. The van der Waals surface area contributed by atoms with Crippen LogP contribution < -0.4 is 0 Å². The second kappa shape index (κ2) is 7.75. The lowest BCUT2D eigenvalue weighted by atomic mass is 9.82. The van der Waals surface area contributed by atoms with Gasteiger partial charge in [0.1, 0.15) is 17.2 Å². The highest BCUT2D eigenvalue weighted by Crippen LogP contribution is 2.38. The molecule has 4 nitrogen and oxygen atoms in total. The van der Waals surface area contributed by atoms with E-state index < -0.39 is 0 Å². The lowest BCUT2D eigenvalue weighted by molar-refractivity contribution is 0.561. The van der Waals surface area contributed by atoms with Crippen molar-refractivity contribution < 1.29 is 4.39 Å². The fourth-order valence-electron chi connectivity index (χ4n) is 5.08. The Morgan fingerprint density at radius 3 is 2.56 bits per heavy atom. The van der Waals surface area contributed by atoms with Crippen molar-refractivity contribution in [2.24, 2.45) is 0 Å². The van der Waals surface area contributed by atoms with Crippen molar-refractivity contribution in [3.8, 4) is 5.69 Å². The molecule has 0 bridgehead atoms. The first kappa shape index (κ1) is 19.0. The summed E-state index contributed by atoms with van der Waals surface area (Å²) in [5.74, 6) is 0.240. The molecule has 1 aliphatic carbocycles.